The Hall–Kier alpha value is -3.36. The molecule has 3 aromatic carbocycles. The fourth-order valence-corrected chi connectivity index (χ4v) is 5.08. The van der Waals surface area contributed by atoms with Gasteiger partial charge >= 0.3 is 0 Å². The van der Waals surface area contributed by atoms with Crippen molar-refractivity contribution in [2.24, 2.45) is 0 Å². The number of nitrogens with zero attached hydrogens (tertiary/aromatic N) is 2. The lowest BCUT2D eigenvalue weighted by molar-refractivity contribution is -0.139. The van der Waals surface area contributed by atoms with E-state index in [4.69, 9.17) is 11.6 Å². The van der Waals surface area contributed by atoms with Crippen molar-refractivity contribution in [3.05, 3.63) is 95.0 Å². The summed E-state index contributed by atoms with van der Waals surface area (Å²) in [5.74, 6) is -0.879. The van der Waals surface area contributed by atoms with Crippen LogP contribution in [0.15, 0.2) is 83.8 Å². The van der Waals surface area contributed by atoms with Crippen molar-refractivity contribution >= 4 is 39.1 Å². The van der Waals surface area contributed by atoms with Crippen LogP contribution in [0, 0.1) is 6.92 Å². The summed E-state index contributed by atoms with van der Waals surface area (Å²) in [7, 11) is -2.57. The molecule has 2 amide bonds. The predicted molar refractivity (Wildman–Crippen MR) is 138 cm³/mol. The van der Waals surface area contributed by atoms with E-state index in [1.165, 1.54) is 24.1 Å². The molecule has 1 unspecified atom stereocenters. The highest BCUT2D eigenvalue weighted by Crippen LogP contribution is 2.24. The molecular formula is C26H28ClN3O4S. The molecule has 0 aliphatic heterocycles. The number of amides is 2. The highest BCUT2D eigenvalue weighted by molar-refractivity contribution is 7.92. The molecule has 0 spiro atoms. The number of nitrogens with one attached hydrogen (secondary N) is 1. The fourth-order valence-electron chi connectivity index (χ4n) is 3.54. The number of benzene rings is 3. The number of aryl methyl sites for hydroxylation is 1. The van der Waals surface area contributed by atoms with Gasteiger partial charge in [0.2, 0.25) is 11.8 Å². The zero-order valence-electron chi connectivity index (χ0n) is 19.8. The molecule has 1 N–H and O–H groups in total. The number of sulfonamides is 1. The van der Waals surface area contributed by atoms with Crippen LogP contribution >= 0.6 is 11.6 Å². The summed E-state index contributed by atoms with van der Waals surface area (Å²) in [6.45, 7) is 3.10. The van der Waals surface area contributed by atoms with Crippen LogP contribution in [0.25, 0.3) is 0 Å². The number of carbonyl (C=O) groups excluding carboxylic acids is 2. The van der Waals surface area contributed by atoms with Crippen molar-refractivity contribution in [3.63, 3.8) is 0 Å². The second kappa shape index (κ2) is 11.4. The lowest BCUT2D eigenvalue weighted by Crippen LogP contribution is -2.50. The van der Waals surface area contributed by atoms with E-state index in [1.807, 2.05) is 6.92 Å². The van der Waals surface area contributed by atoms with Crippen LogP contribution in [0.1, 0.15) is 18.1 Å². The quantitative estimate of drug-likeness (QED) is 0.468. The van der Waals surface area contributed by atoms with Crippen LogP contribution in [0.4, 0.5) is 5.69 Å². The summed E-state index contributed by atoms with van der Waals surface area (Å²) >= 11 is 5.98. The summed E-state index contributed by atoms with van der Waals surface area (Å²) in [6, 6.07) is 21.0. The third-order valence-electron chi connectivity index (χ3n) is 5.61. The maximum absolute atomic E-state index is 13.6. The van der Waals surface area contributed by atoms with Gasteiger partial charge in [0.25, 0.3) is 10.0 Å². The Bertz CT molecular complexity index is 1260. The van der Waals surface area contributed by atoms with E-state index in [0.717, 1.165) is 15.4 Å². The Morgan fingerprint density at radius 1 is 0.943 bits per heavy atom. The number of hydrogen-bond donors (Lipinski definition) is 1. The molecule has 0 fully saturated rings. The van der Waals surface area contributed by atoms with Gasteiger partial charge in [-0.05, 0) is 55.8 Å². The Labute approximate surface area is 211 Å². The summed E-state index contributed by atoms with van der Waals surface area (Å²) in [4.78, 5) is 27.5. The standard InChI is InChI=1S/C26H28ClN3O4S/c1-19-9-15-24(16-10-19)35(33,34)30(23-7-5-4-6-8-23)18-25(31)29(20(2)26(32)28-3)17-21-11-13-22(27)14-12-21/h4-16,20H,17-18H2,1-3H3,(H,28,32). The van der Waals surface area contributed by atoms with Gasteiger partial charge in [-0.2, -0.15) is 0 Å². The first-order valence-corrected chi connectivity index (χ1v) is 12.8. The van der Waals surface area contributed by atoms with E-state index >= 15 is 0 Å². The molecule has 35 heavy (non-hydrogen) atoms. The molecule has 0 radical (unpaired) electrons. The first-order valence-electron chi connectivity index (χ1n) is 11.0. The maximum Gasteiger partial charge on any atom is 0.264 e. The molecule has 0 saturated heterocycles. The van der Waals surface area contributed by atoms with E-state index in [1.54, 1.807) is 73.7 Å². The van der Waals surface area contributed by atoms with Crippen molar-refractivity contribution in [1.82, 2.24) is 10.2 Å². The lowest BCUT2D eigenvalue weighted by atomic mass is 10.1. The van der Waals surface area contributed by atoms with Gasteiger partial charge in [0.1, 0.15) is 12.6 Å². The zero-order valence-corrected chi connectivity index (χ0v) is 21.4. The van der Waals surface area contributed by atoms with Crippen molar-refractivity contribution < 1.29 is 18.0 Å². The van der Waals surface area contributed by atoms with Gasteiger partial charge in [0, 0.05) is 18.6 Å². The molecule has 9 heteroatoms. The normalized spacial score (nSPS) is 12.0. The number of rotatable bonds is 9. The van der Waals surface area contributed by atoms with Gasteiger partial charge in [-0.1, -0.05) is 59.6 Å². The van der Waals surface area contributed by atoms with Crippen molar-refractivity contribution in [2.45, 2.75) is 31.3 Å². The number of halogens is 1. The Morgan fingerprint density at radius 3 is 2.11 bits per heavy atom. The second-order valence-corrected chi connectivity index (χ2v) is 10.4. The van der Waals surface area contributed by atoms with Gasteiger partial charge in [-0.25, -0.2) is 8.42 Å². The van der Waals surface area contributed by atoms with Gasteiger partial charge < -0.3 is 10.2 Å². The Balaban J connectivity index is 1.99. The largest absolute Gasteiger partial charge is 0.357 e. The van der Waals surface area contributed by atoms with Gasteiger partial charge in [-0.15, -0.1) is 0 Å². The Morgan fingerprint density at radius 2 is 1.54 bits per heavy atom. The molecule has 0 saturated carbocycles. The van der Waals surface area contributed by atoms with Crippen molar-refractivity contribution in [1.29, 1.82) is 0 Å². The van der Waals surface area contributed by atoms with Crippen LogP contribution in [0.2, 0.25) is 5.02 Å². The van der Waals surface area contributed by atoms with Gasteiger partial charge in [-0.3, -0.25) is 13.9 Å². The average Bonchev–Trinajstić information content (AvgIpc) is 2.86. The molecule has 0 aliphatic carbocycles. The topological polar surface area (TPSA) is 86.8 Å². The van der Waals surface area contributed by atoms with Crippen LogP contribution in [0.5, 0.6) is 0 Å². The fraction of sp³-hybridized carbons (Fsp3) is 0.231. The summed E-state index contributed by atoms with van der Waals surface area (Å²) < 4.78 is 28.3. The molecule has 0 bridgehead atoms. The molecule has 0 heterocycles. The molecule has 0 aromatic heterocycles. The van der Waals surface area contributed by atoms with E-state index in [0.29, 0.717) is 10.7 Å². The zero-order chi connectivity index (χ0) is 25.6. The third kappa shape index (κ3) is 6.41. The maximum atomic E-state index is 13.6. The third-order valence-corrected chi connectivity index (χ3v) is 7.65. The van der Waals surface area contributed by atoms with Gasteiger partial charge in [0.05, 0.1) is 10.6 Å². The summed E-state index contributed by atoms with van der Waals surface area (Å²) in [6.07, 6.45) is 0. The molecule has 0 aliphatic rings. The SMILES string of the molecule is CNC(=O)C(C)N(Cc1ccc(Cl)cc1)C(=O)CN(c1ccccc1)S(=O)(=O)c1ccc(C)cc1. The number of para-hydroxylation sites is 1. The highest BCUT2D eigenvalue weighted by atomic mass is 35.5. The van der Waals surface area contributed by atoms with E-state index in [9.17, 15) is 18.0 Å². The number of hydrogen-bond acceptors (Lipinski definition) is 4. The van der Waals surface area contributed by atoms with E-state index in [2.05, 4.69) is 5.32 Å². The first kappa shape index (κ1) is 26.2. The summed E-state index contributed by atoms with van der Waals surface area (Å²) in [5, 5.41) is 3.10. The monoisotopic (exact) mass is 513 g/mol. The van der Waals surface area contributed by atoms with Gasteiger partial charge in [0.15, 0.2) is 0 Å². The molecule has 184 valence electrons. The molecule has 3 aromatic rings. The number of carbonyl (C=O) groups is 2. The van der Waals surface area contributed by atoms with Crippen molar-refractivity contribution in [3.8, 4) is 0 Å². The van der Waals surface area contributed by atoms with E-state index in [-0.39, 0.29) is 17.3 Å². The number of anilines is 1. The number of likely N-dealkylation sites (N-methyl/N-ethyl adjacent to an activating group) is 1. The minimum atomic E-state index is -4.06. The molecule has 1 atom stereocenters. The lowest BCUT2D eigenvalue weighted by Gasteiger charge is -2.31. The molecule has 3 rings (SSSR count). The van der Waals surface area contributed by atoms with Crippen LogP contribution in [-0.2, 0) is 26.2 Å². The smallest absolute Gasteiger partial charge is 0.264 e. The molecular weight excluding hydrogens is 486 g/mol. The van der Waals surface area contributed by atoms with Crippen LogP contribution in [-0.4, -0.2) is 44.8 Å². The summed E-state index contributed by atoms with van der Waals surface area (Å²) in [5.41, 5.74) is 2.02. The predicted octanol–water partition coefficient (Wildman–Crippen LogP) is 4.01. The average molecular weight is 514 g/mol. The van der Waals surface area contributed by atoms with Crippen LogP contribution < -0.4 is 9.62 Å². The van der Waals surface area contributed by atoms with E-state index < -0.39 is 28.5 Å². The minimum absolute atomic E-state index is 0.0726. The Kier molecular flexibility index (Phi) is 8.53. The first-order chi connectivity index (χ1) is 16.6. The second-order valence-electron chi connectivity index (χ2n) is 8.10. The molecule has 7 nitrogen and oxygen atoms in total. The van der Waals surface area contributed by atoms with Crippen molar-refractivity contribution in [2.75, 3.05) is 17.9 Å². The highest BCUT2D eigenvalue weighted by Gasteiger charge is 2.32. The van der Waals surface area contributed by atoms with Crippen LogP contribution in [0.3, 0.4) is 0 Å². The minimum Gasteiger partial charge on any atom is -0.357 e.